The highest BCUT2D eigenvalue weighted by molar-refractivity contribution is 8.14. The predicted octanol–water partition coefficient (Wildman–Crippen LogP) is 7.53. The van der Waals surface area contributed by atoms with Crippen molar-refractivity contribution in [1.29, 1.82) is 5.26 Å². The van der Waals surface area contributed by atoms with Crippen LogP contribution in [0.4, 0.5) is 11.4 Å². The van der Waals surface area contributed by atoms with Crippen LogP contribution in [0.15, 0.2) is 95.6 Å². The number of amidine groups is 1. The van der Waals surface area contributed by atoms with Gasteiger partial charge in [-0.15, -0.1) is 0 Å². The van der Waals surface area contributed by atoms with Gasteiger partial charge in [-0.1, -0.05) is 47.6 Å². The van der Waals surface area contributed by atoms with Crippen LogP contribution in [0.25, 0.3) is 6.08 Å². The summed E-state index contributed by atoms with van der Waals surface area (Å²) in [6, 6.07) is 27.2. The second-order valence-corrected chi connectivity index (χ2v) is 11.5. The van der Waals surface area contributed by atoms with Crippen molar-refractivity contribution in [2.45, 2.75) is 20.5 Å². The molecule has 1 aliphatic heterocycles. The van der Waals surface area contributed by atoms with Crippen molar-refractivity contribution in [2.75, 3.05) is 23.1 Å². The Morgan fingerprint density at radius 1 is 1.04 bits per heavy atom. The molecule has 0 aromatic heterocycles. The zero-order valence-corrected chi connectivity index (χ0v) is 26.4. The minimum Gasteiger partial charge on any atom is -0.496 e. The van der Waals surface area contributed by atoms with E-state index in [1.807, 2.05) is 74.5 Å². The van der Waals surface area contributed by atoms with Crippen molar-refractivity contribution in [3.8, 4) is 17.6 Å². The third-order valence-electron chi connectivity index (χ3n) is 6.89. The maximum atomic E-state index is 13.7. The summed E-state index contributed by atoms with van der Waals surface area (Å²) in [5, 5.41) is 12.9. The molecule has 10 heteroatoms. The lowest BCUT2D eigenvalue weighted by molar-refractivity contribution is -0.114. The third kappa shape index (κ3) is 7.55. The molecule has 0 spiro atoms. The molecule has 0 radical (unpaired) electrons. The molecule has 5 rings (SSSR count). The van der Waals surface area contributed by atoms with Gasteiger partial charge in [-0.3, -0.25) is 14.5 Å². The number of ether oxygens (including phenoxy) is 2. The summed E-state index contributed by atoms with van der Waals surface area (Å²) in [4.78, 5) is 32.6. The fourth-order valence-electron chi connectivity index (χ4n) is 4.66. The Kier molecular flexibility index (Phi) is 9.88. The van der Waals surface area contributed by atoms with E-state index in [1.54, 1.807) is 37.5 Å². The van der Waals surface area contributed by atoms with E-state index in [1.165, 1.54) is 4.90 Å². The van der Waals surface area contributed by atoms with Crippen molar-refractivity contribution in [3.63, 3.8) is 0 Å². The van der Waals surface area contributed by atoms with Crippen molar-refractivity contribution in [2.24, 2.45) is 4.99 Å². The monoisotopic (exact) mass is 636 g/mol. The van der Waals surface area contributed by atoms with Crippen LogP contribution in [0.3, 0.4) is 0 Å². The molecule has 0 saturated carbocycles. The van der Waals surface area contributed by atoms with Crippen LogP contribution in [0, 0.1) is 25.2 Å². The van der Waals surface area contributed by atoms with Gasteiger partial charge in [0.25, 0.3) is 5.91 Å². The second-order valence-electron chi connectivity index (χ2n) is 10.2. The van der Waals surface area contributed by atoms with Crippen molar-refractivity contribution in [3.05, 3.63) is 123 Å². The third-order valence-corrected chi connectivity index (χ3v) is 8.42. The number of para-hydroxylation sites is 1. The largest absolute Gasteiger partial charge is 0.496 e. The van der Waals surface area contributed by atoms with E-state index < -0.39 is 0 Å². The number of benzene rings is 4. The predicted molar refractivity (Wildman–Crippen MR) is 180 cm³/mol. The summed E-state index contributed by atoms with van der Waals surface area (Å²) in [7, 11) is 1.59. The summed E-state index contributed by atoms with van der Waals surface area (Å²) in [6.07, 6.45) is 1.71. The summed E-state index contributed by atoms with van der Waals surface area (Å²) >= 11 is 7.47. The Hall–Kier alpha value is -5.04. The molecular weight excluding hydrogens is 608 g/mol. The molecule has 1 N–H and O–H groups in total. The highest BCUT2D eigenvalue weighted by atomic mass is 35.5. The number of nitrogens with one attached hydrogen (secondary N) is 1. The molecule has 1 heterocycles. The highest BCUT2D eigenvalue weighted by Crippen LogP contribution is 2.31. The van der Waals surface area contributed by atoms with E-state index in [0.717, 1.165) is 34.0 Å². The maximum absolute atomic E-state index is 13.7. The number of carbonyl (C=O) groups is 2. The minimum absolute atomic E-state index is 0.0242. The van der Waals surface area contributed by atoms with Gasteiger partial charge in [-0.05, 0) is 97.3 Å². The molecule has 0 aliphatic carbocycles. The number of aliphatic imine (C=N–C) groups is 1. The molecule has 2 amide bonds. The molecule has 0 unspecified atom stereocenters. The van der Waals surface area contributed by atoms with Gasteiger partial charge in [0, 0.05) is 16.3 Å². The fourth-order valence-corrected chi connectivity index (χ4v) is 5.58. The van der Waals surface area contributed by atoms with Crippen molar-refractivity contribution in [1.82, 2.24) is 0 Å². The Morgan fingerprint density at radius 2 is 1.76 bits per heavy atom. The zero-order chi connectivity index (χ0) is 31.9. The van der Waals surface area contributed by atoms with Crippen LogP contribution < -0.4 is 19.7 Å². The average molecular weight is 637 g/mol. The Labute approximate surface area is 270 Å². The smallest absolute Gasteiger partial charge is 0.283 e. The SMILES string of the molecule is COc1ccc(/C=C2\N=C(SCC(=O)Nc3ccc(C#N)cc3)N(c3ccccc3)C2=O)cc1COc1cc(C)c(Cl)c(C)c1. The van der Waals surface area contributed by atoms with Gasteiger partial charge in [-0.25, -0.2) is 4.99 Å². The molecule has 0 fully saturated rings. The Morgan fingerprint density at radius 3 is 2.42 bits per heavy atom. The number of nitriles is 1. The lowest BCUT2D eigenvalue weighted by Crippen LogP contribution is -2.31. The van der Waals surface area contributed by atoms with Crippen LogP contribution in [0.2, 0.25) is 5.02 Å². The van der Waals surface area contributed by atoms with Gasteiger partial charge >= 0.3 is 0 Å². The number of thioether (sulfide) groups is 1. The molecule has 1 aliphatic rings. The van der Waals surface area contributed by atoms with Gasteiger partial charge in [0.1, 0.15) is 23.8 Å². The van der Waals surface area contributed by atoms with Gasteiger partial charge < -0.3 is 14.8 Å². The molecular formula is C35H29ClN4O4S. The first-order valence-corrected chi connectivity index (χ1v) is 15.3. The summed E-state index contributed by atoms with van der Waals surface area (Å²) < 4.78 is 11.6. The zero-order valence-electron chi connectivity index (χ0n) is 24.8. The van der Waals surface area contributed by atoms with Crippen LogP contribution in [0.5, 0.6) is 11.5 Å². The van der Waals surface area contributed by atoms with Gasteiger partial charge in [-0.2, -0.15) is 5.26 Å². The quantitative estimate of drug-likeness (QED) is 0.190. The number of anilines is 2. The van der Waals surface area contributed by atoms with Crippen LogP contribution in [-0.2, 0) is 16.2 Å². The number of amides is 2. The van der Waals surface area contributed by atoms with Crippen LogP contribution in [-0.4, -0.2) is 29.8 Å². The maximum Gasteiger partial charge on any atom is 0.283 e. The molecule has 8 nitrogen and oxygen atoms in total. The standard InChI is InChI=1S/C35H29ClN4O4S/c1-22-15-29(16-23(2)33(22)36)44-20-26-17-25(11-14-31(26)43-3)18-30-34(42)40(28-7-5-4-6-8-28)35(39-30)45-21-32(41)38-27-12-9-24(19-37)10-13-27/h4-18H,20-21H2,1-3H3,(H,38,41)/b30-18-. The molecule has 0 bridgehead atoms. The first kappa shape index (κ1) is 31.4. The van der Waals surface area contributed by atoms with Crippen LogP contribution in [0.1, 0.15) is 27.8 Å². The number of carbonyl (C=O) groups excluding carboxylic acids is 2. The number of hydrogen-bond donors (Lipinski definition) is 1. The van der Waals surface area contributed by atoms with E-state index in [0.29, 0.717) is 38.6 Å². The summed E-state index contributed by atoms with van der Waals surface area (Å²) in [5.74, 6) is 0.791. The van der Waals surface area contributed by atoms with E-state index in [9.17, 15) is 9.59 Å². The molecule has 45 heavy (non-hydrogen) atoms. The van der Waals surface area contributed by atoms with Crippen molar-refractivity contribution >= 4 is 57.8 Å². The van der Waals surface area contributed by atoms with E-state index in [2.05, 4.69) is 16.4 Å². The number of halogens is 1. The Bertz CT molecular complexity index is 1830. The first-order chi connectivity index (χ1) is 21.7. The molecule has 4 aromatic carbocycles. The molecule has 4 aromatic rings. The molecule has 0 atom stereocenters. The molecule has 226 valence electrons. The van der Waals surface area contributed by atoms with Gasteiger partial charge in [0.05, 0.1) is 30.2 Å². The lowest BCUT2D eigenvalue weighted by Gasteiger charge is -2.17. The minimum atomic E-state index is -0.308. The van der Waals surface area contributed by atoms with Gasteiger partial charge in [0.2, 0.25) is 5.91 Å². The number of methoxy groups -OCH3 is 1. The van der Waals surface area contributed by atoms with E-state index in [4.69, 9.17) is 26.3 Å². The number of nitrogens with zero attached hydrogens (tertiary/aromatic N) is 3. The van der Waals surface area contributed by atoms with Crippen molar-refractivity contribution < 1.29 is 19.1 Å². The molecule has 0 saturated heterocycles. The van der Waals surface area contributed by atoms with E-state index in [-0.39, 0.29) is 29.9 Å². The highest BCUT2D eigenvalue weighted by Gasteiger charge is 2.32. The fraction of sp³-hybridized carbons (Fsp3) is 0.143. The number of rotatable bonds is 9. The Balaban J connectivity index is 1.37. The summed E-state index contributed by atoms with van der Waals surface area (Å²) in [6.45, 7) is 4.10. The normalized spacial score (nSPS) is 13.4. The number of hydrogen-bond acceptors (Lipinski definition) is 7. The topological polar surface area (TPSA) is 104 Å². The second kappa shape index (κ2) is 14.2. The summed E-state index contributed by atoms with van der Waals surface area (Å²) in [5.41, 5.74) is 5.34. The van der Waals surface area contributed by atoms with Gasteiger partial charge in [0.15, 0.2) is 5.17 Å². The lowest BCUT2D eigenvalue weighted by atomic mass is 10.1. The average Bonchev–Trinajstić information content (AvgIpc) is 3.36. The first-order valence-electron chi connectivity index (χ1n) is 13.9. The number of aryl methyl sites for hydroxylation is 2. The van der Waals surface area contributed by atoms with E-state index >= 15 is 0 Å². The van der Waals surface area contributed by atoms with Crippen LogP contribution >= 0.6 is 23.4 Å².